The topological polar surface area (TPSA) is 69.7 Å². The van der Waals surface area contributed by atoms with Gasteiger partial charge in [0.25, 0.3) is 5.91 Å². The minimum atomic E-state index is -0.725. The van der Waals surface area contributed by atoms with Crippen LogP contribution < -0.4 is 10.2 Å². The van der Waals surface area contributed by atoms with E-state index in [1.165, 1.54) is 11.3 Å². The molecular formula is C21H26FN3O3. The summed E-state index contributed by atoms with van der Waals surface area (Å²) in [6.07, 6.45) is 5.01. The Balaban J connectivity index is 1.60. The first-order chi connectivity index (χ1) is 13.4. The number of piperidine rings is 1. The predicted molar refractivity (Wildman–Crippen MR) is 102 cm³/mol. The summed E-state index contributed by atoms with van der Waals surface area (Å²) in [4.78, 5) is 39.7. The number of anilines is 1. The number of amides is 3. The molecule has 1 N–H and O–H groups in total. The second kappa shape index (κ2) is 7.18. The molecule has 1 saturated carbocycles. The Morgan fingerprint density at radius 3 is 2.61 bits per heavy atom. The van der Waals surface area contributed by atoms with Crippen LogP contribution in [0.5, 0.6) is 0 Å². The van der Waals surface area contributed by atoms with E-state index < -0.39 is 11.9 Å². The number of imide groups is 1. The van der Waals surface area contributed by atoms with Crippen molar-refractivity contribution in [2.24, 2.45) is 5.92 Å². The fourth-order valence-corrected chi connectivity index (χ4v) is 4.92. The number of halogens is 1. The normalized spacial score (nSPS) is 27.6. The summed E-state index contributed by atoms with van der Waals surface area (Å²) < 4.78 is 15.4. The van der Waals surface area contributed by atoms with Gasteiger partial charge in [-0.15, -0.1) is 0 Å². The number of hydrogen-bond donors (Lipinski definition) is 1. The van der Waals surface area contributed by atoms with E-state index in [1.807, 2.05) is 11.9 Å². The molecule has 1 saturated heterocycles. The molecule has 1 aromatic carbocycles. The fourth-order valence-electron chi connectivity index (χ4n) is 4.92. The molecule has 4 rings (SSSR count). The number of fused-ring (bicyclic) bond motifs is 1. The average molecular weight is 387 g/mol. The Labute approximate surface area is 164 Å². The molecule has 1 unspecified atom stereocenters. The highest BCUT2D eigenvalue weighted by Crippen LogP contribution is 2.36. The van der Waals surface area contributed by atoms with Crippen LogP contribution in [0.4, 0.5) is 10.1 Å². The van der Waals surface area contributed by atoms with Gasteiger partial charge in [0.15, 0.2) is 5.82 Å². The minimum Gasteiger partial charge on any atom is -0.369 e. The monoisotopic (exact) mass is 387 g/mol. The first kappa shape index (κ1) is 18.9. The van der Waals surface area contributed by atoms with Gasteiger partial charge in [0.2, 0.25) is 11.8 Å². The van der Waals surface area contributed by atoms with Crippen molar-refractivity contribution >= 4 is 23.4 Å². The molecule has 2 fully saturated rings. The largest absolute Gasteiger partial charge is 0.369 e. The molecule has 0 aromatic heterocycles. The van der Waals surface area contributed by atoms with Crippen LogP contribution >= 0.6 is 0 Å². The quantitative estimate of drug-likeness (QED) is 0.810. The Morgan fingerprint density at radius 1 is 1.14 bits per heavy atom. The summed E-state index contributed by atoms with van der Waals surface area (Å²) in [5.74, 6) is -1.04. The van der Waals surface area contributed by atoms with Gasteiger partial charge < -0.3 is 9.80 Å². The van der Waals surface area contributed by atoms with Gasteiger partial charge in [0, 0.05) is 30.6 Å². The third-order valence-corrected chi connectivity index (χ3v) is 6.57. The van der Waals surface area contributed by atoms with E-state index in [0.29, 0.717) is 22.7 Å². The highest BCUT2D eigenvalue weighted by atomic mass is 19.1. The van der Waals surface area contributed by atoms with E-state index in [4.69, 9.17) is 0 Å². The number of hydrogen-bond acceptors (Lipinski definition) is 4. The number of carbonyl (C=O) groups is 3. The van der Waals surface area contributed by atoms with Crippen molar-refractivity contribution in [3.63, 3.8) is 0 Å². The van der Waals surface area contributed by atoms with E-state index in [-0.39, 0.29) is 43.1 Å². The summed E-state index contributed by atoms with van der Waals surface area (Å²) >= 11 is 0. The van der Waals surface area contributed by atoms with Crippen molar-refractivity contribution in [1.82, 2.24) is 10.2 Å². The van der Waals surface area contributed by atoms with Crippen LogP contribution in [-0.2, 0) is 16.1 Å². The Hall–Kier alpha value is -2.44. The summed E-state index contributed by atoms with van der Waals surface area (Å²) in [6.45, 7) is 2.27. The third-order valence-electron chi connectivity index (χ3n) is 6.57. The fraction of sp³-hybridized carbons (Fsp3) is 0.571. The molecule has 150 valence electrons. The van der Waals surface area contributed by atoms with Crippen LogP contribution in [0, 0.1) is 11.7 Å². The SMILES string of the molecule is C[C@@H]1CCCC[C@H]1N(C)c1ccc2c(c1F)CN(C1CCC(=O)NC1=O)C2=O. The lowest BCUT2D eigenvalue weighted by Crippen LogP contribution is -2.52. The molecule has 0 radical (unpaired) electrons. The minimum absolute atomic E-state index is 0.0637. The Kier molecular flexibility index (Phi) is 4.85. The zero-order valence-electron chi connectivity index (χ0n) is 16.3. The molecule has 6 nitrogen and oxygen atoms in total. The van der Waals surface area contributed by atoms with Crippen LogP contribution in [0.3, 0.4) is 0 Å². The average Bonchev–Trinajstić information content (AvgIpc) is 2.99. The molecule has 3 amide bonds. The van der Waals surface area contributed by atoms with Crippen molar-refractivity contribution in [3.8, 4) is 0 Å². The number of benzene rings is 1. The van der Waals surface area contributed by atoms with Crippen LogP contribution in [0.15, 0.2) is 12.1 Å². The van der Waals surface area contributed by atoms with Gasteiger partial charge in [-0.2, -0.15) is 0 Å². The molecule has 3 aliphatic rings. The van der Waals surface area contributed by atoms with Crippen molar-refractivity contribution < 1.29 is 18.8 Å². The summed E-state index contributed by atoms with van der Waals surface area (Å²) in [7, 11) is 1.92. The zero-order valence-corrected chi connectivity index (χ0v) is 16.3. The molecule has 0 bridgehead atoms. The van der Waals surface area contributed by atoms with Gasteiger partial charge in [0.1, 0.15) is 6.04 Å². The third kappa shape index (κ3) is 3.06. The maximum atomic E-state index is 15.4. The van der Waals surface area contributed by atoms with Crippen molar-refractivity contribution in [1.29, 1.82) is 0 Å². The van der Waals surface area contributed by atoms with Gasteiger partial charge in [0.05, 0.1) is 12.2 Å². The second-order valence-corrected chi connectivity index (χ2v) is 8.26. The van der Waals surface area contributed by atoms with Crippen LogP contribution in [0.25, 0.3) is 0 Å². The molecule has 3 atom stereocenters. The highest BCUT2D eigenvalue weighted by Gasteiger charge is 2.41. The van der Waals surface area contributed by atoms with Crippen LogP contribution in [0.2, 0.25) is 0 Å². The standard InChI is InChI=1S/C21H26FN3O3/c1-12-5-3-4-6-15(12)24(2)16-8-7-13-14(19(16)22)11-25(21(13)28)17-9-10-18(26)23-20(17)27/h7-8,12,15,17H,3-6,9-11H2,1-2H3,(H,23,26,27)/t12-,15-,17?/m1/s1. The van der Waals surface area contributed by atoms with Crippen molar-refractivity contribution in [2.45, 2.75) is 64.1 Å². The highest BCUT2D eigenvalue weighted by molar-refractivity contribution is 6.05. The zero-order chi connectivity index (χ0) is 20.0. The second-order valence-electron chi connectivity index (χ2n) is 8.26. The number of rotatable bonds is 3. The van der Waals surface area contributed by atoms with Crippen LogP contribution in [-0.4, -0.2) is 41.8 Å². The lowest BCUT2D eigenvalue weighted by atomic mass is 9.85. The molecular weight excluding hydrogens is 361 g/mol. The van der Waals surface area contributed by atoms with Gasteiger partial charge in [-0.3, -0.25) is 19.7 Å². The summed E-state index contributed by atoms with van der Waals surface area (Å²) in [5.41, 5.74) is 1.17. The molecule has 7 heteroatoms. The molecule has 2 aliphatic heterocycles. The van der Waals surface area contributed by atoms with Crippen molar-refractivity contribution in [2.75, 3.05) is 11.9 Å². The Morgan fingerprint density at radius 2 is 1.89 bits per heavy atom. The van der Waals surface area contributed by atoms with E-state index in [2.05, 4.69) is 12.2 Å². The van der Waals surface area contributed by atoms with E-state index in [1.54, 1.807) is 12.1 Å². The van der Waals surface area contributed by atoms with Gasteiger partial charge >= 0.3 is 0 Å². The maximum absolute atomic E-state index is 15.4. The number of nitrogens with zero attached hydrogens (tertiary/aromatic N) is 2. The first-order valence-corrected chi connectivity index (χ1v) is 10.1. The Bertz CT molecular complexity index is 840. The molecule has 0 spiro atoms. The van der Waals surface area contributed by atoms with Gasteiger partial charge in [-0.25, -0.2) is 4.39 Å². The van der Waals surface area contributed by atoms with Gasteiger partial charge in [-0.1, -0.05) is 19.8 Å². The number of carbonyl (C=O) groups excluding carboxylic acids is 3. The molecule has 2 heterocycles. The maximum Gasteiger partial charge on any atom is 0.255 e. The number of nitrogens with one attached hydrogen (secondary N) is 1. The lowest BCUT2D eigenvalue weighted by molar-refractivity contribution is -0.136. The first-order valence-electron chi connectivity index (χ1n) is 10.1. The lowest BCUT2D eigenvalue weighted by Gasteiger charge is -2.38. The van der Waals surface area contributed by atoms with E-state index >= 15 is 4.39 Å². The van der Waals surface area contributed by atoms with Crippen LogP contribution in [0.1, 0.15) is 61.4 Å². The van der Waals surface area contributed by atoms with Crippen molar-refractivity contribution in [3.05, 3.63) is 29.1 Å². The smallest absolute Gasteiger partial charge is 0.255 e. The molecule has 1 aromatic rings. The van der Waals surface area contributed by atoms with Gasteiger partial charge in [-0.05, 0) is 37.3 Å². The van der Waals surface area contributed by atoms with E-state index in [0.717, 1.165) is 19.3 Å². The summed E-state index contributed by atoms with van der Waals surface area (Å²) in [5, 5.41) is 2.27. The molecule has 28 heavy (non-hydrogen) atoms. The van der Waals surface area contributed by atoms with E-state index in [9.17, 15) is 14.4 Å². The predicted octanol–water partition coefficient (Wildman–Crippen LogP) is 2.60. The summed E-state index contributed by atoms with van der Waals surface area (Å²) in [6, 6.07) is 2.91. The molecule has 1 aliphatic carbocycles.